The van der Waals surface area contributed by atoms with Crippen LogP contribution in [0.2, 0.25) is 0 Å². The Morgan fingerprint density at radius 2 is 0.926 bits per heavy atom. The van der Waals surface area contributed by atoms with Gasteiger partial charge in [-0.2, -0.15) is 0 Å². The molecule has 0 atom stereocenters. The molecule has 27 heavy (non-hydrogen) atoms. The van der Waals surface area contributed by atoms with Crippen LogP contribution in [0.4, 0.5) is 0 Å². The molecule has 8 heteroatoms. The van der Waals surface area contributed by atoms with Crippen molar-refractivity contribution in [3.63, 3.8) is 0 Å². The first-order valence-corrected chi connectivity index (χ1v) is 9.76. The minimum absolute atomic E-state index is 0. The Hall–Kier alpha value is -1.67. The number of carboxylic acids is 3. The average Bonchev–Trinajstić information content (AvgIpc) is 2.56. The van der Waals surface area contributed by atoms with Gasteiger partial charge in [0.15, 0.2) is 0 Å². The van der Waals surface area contributed by atoms with Gasteiger partial charge in [-0.05, 0) is 45.2 Å². The molecule has 0 unspecified atom stereocenters. The van der Waals surface area contributed by atoms with E-state index in [4.69, 9.17) is 15.3 Å². The first-order chi connectivity index (χ1) is 12.4. The topological polar surface area (TPSA) is 160 Å². The van der Waals surface area contributed by atoms with Crippen molar-refractivity contribution in [1.29, 1.82) is 0 Å². The number of carboxylic acid groups (broad SMARTS) is 3. The van der Waals surface area contributed by atoms with Crippen molar-refractivity contribution >= 4 is 17.9 Å². The molecule has 0 rings (SSSR count). The maximum atomic E-state index is 10.2. The lowest BCUT2D eigenvalue weighted by Crippen LogP contribution is -2.16. The van der Waals surface area contributed by atoms with Gasteiger partial charge in [0.1, 0.15) is 0 Å². The van der Waals surface area contributed by atoms with Gasteiger partial charge in [-0.25, -0.2) is 0 Å². The Kier molecular flexibility index (Phi) is 27.1. The van der Waals surface area contributed by atoms with Crippen LogP contribution in [0.25, 0.3) is 0 Å². The van der Waals surface area contributed by atoms with Crippen molar-refractivity contribution < 1.29 is 29.7 Å². The predicted octanol–water partition coefficient (Wildman–Crippen LogP) is 4.28. The quantitative estimate of drug-likeness (QED) is 0.230. The van der Waals surface area contributed by atoms with E-state index in [0.717, 1.165) is 70.9 Å². The van der Waals surface area contributed by atoms with Crippen molar-refractivity contribution in [2.45, 2.75) is 90.4 Å². The number of nitrogens with one attached hydrogen (secondary N) is 1. The van der Waals surface area contributed by atoms with Gasteiger partial charge in [-0.15, -0.1) is 0 Å². The predicted molar refractivity (Wildman–Crippen MR) is 107 cm³/mol. The highest BCUT2D eigenvalue weighted by atomic mass is 16.4. The van der Waals surface area contributed by atoms with Crippen molar-refractivity contribution in [2.75, 3.05) is 13.1 Å². The third kappa shape index (κ3) is 36.1. The Morgan fingerprint density at radius 3 is 1.22 bits per heavy atom. The van der Waals surface area contributed by atoms with Crippen LogP contribution in [0.5, 0.6) is 0 Å². The molecule has 0 aromatic heterocycles. The molecule has 0 bridgehead atoms. The van der Waals surface area contributed by atoms with Crippen molar-refractivity contribution in [2.24, 2.45) is 0 Å². The monoisotopic (exact) mass is 393 g/mol. The largest absolute Gasteiger partial charge is 0.481 e. The SMILES string of the molecule is CCCCCCC(=O)O.O=C(O)CCCCCNCCCCCC(=O)O.[NH4+]. The van der Waals surface area contributed by atoms with Gasteiger partial charge in [0.25, 0.3) is 0 Å². The minimum Gasteiger partial charge on any atom is -0.481 e. The molecule has 0 spiro atoms. The average molecular weight is 394 g/mol. The smallest absolute Gasteiger partial charge is 0.303 e. The van der Waals surface area contributed by atoms with E-state index in [2.05, 4.69) is 12.2 Å². The standard InChI is InChI=1S/C12H23NO4.C7H14O2.H3N/c14-11(15)7-3-1-5-9-13-10-6-2-4-8-12(16)17;1-2-3-4-5-6-7(8)9;/h13H,1-10H2,(H,14,15)(H,16,17);2-6H2,1H3,(H,8,9);1H3/p+1. The number of rotatable bonds is 17. The minimum atomic E-state index is -0.726. The molecule has 0 aliphatic carbocycles. The molecule has 0 saturated heterocycles. The third-order valence-electron chi connectivity index (χ3n) is 3.73. The van der Waals surface area contributed by atoms with Crippen LogP contribution in [-0.2, 0) is 14.4 Å². The molecule has 0 aromatic carbocycles. The first kappa shape index (κ1) is 30.1. The molecular formula is C19H41N2O6+. The van der Waals surface area contributed by atoms with Crippen LogP contribution in [0.3, 0.4) is 0 Å². The van der Waals surface area contributed by atoms with E-state index >= 15 is 0 Å². The van der Waals surface area contributed by atoms with Gasteiger partial charge in [-0.3, -0.25) is 14.4 Å². The second-order valence-corrected chi connectivity index (χ2v) is 6.36. The van der Waals surface area contributed by atoms with Gasteiger partial charge in [0.2, 0.25) is 0 Å². The van der Waals surface area contributed by atoms with Crippen LogP contribution in [0, 0.1) is 0 Å². The fourth-order valence-corrected chi connectivity index (χ4v) is 2.23. The summed E-state index contributed by atoms with van der Waals surface area (Å²) in [5.74, 6) is -2.13. The summed E-state index contributed by atoms with van der Waals surface area (Å²) in [6, 6.07) is 0. The molecule has 0 aliphatic rings. The zero-order valence-electron chi connectivity index (χ0n) is 17.2. The van der Waals surface area contributed by atoms with Crippen molar-refractivity contribution in [3.8, 4) is 0 Å². The summed E-state index contributed by atoms with van der Waals surface area (Å²) in [5, 5.41) is 28.3. The highest BCUT2D eigenvalue weighted by Gasteiger charge is 1.97. The normalized spacial score (nSPS) is 9.67. The van der Waals surface area contributed by atoms with Crippen LogP contribution in [0.15, 0.2) is 0 Å². The zero-order chi connectivity index (χ0) is 20.0. The summed E-state index contributed by atoms with van der Waals surface area (Å²) < 4.78 is 0. The van der Waals surface area contributed by atoms with E-state index in [-0.39, 0.29) is 19.0 Å². The summed E-state index contributed by atoms with van der Waals surface area (Å²) in [6.07, 6.45) is 10.5. The Bertz CT molecular complexity index is 342. The fraction of sp³-hybridized carbons (Fsp3) is 0.842. The molecule has 0 aromatic rings. The summed E-state index contributed by atoms with van der Waals surface area (Å²) in [5.41, 5.74) is 0. The number of aliphatic carboxylic acids is 3. The van der Waals surface area contributed by atoms with E-state index in [1.165, 1.54) is 6.42 Å². The molecule has 0 fully saturated rings. The van der Waals surface area contributed by atoms with Crippen molar-refractivity contribution in [1.82, 2.24) is 11.5 Å². The van der Waals surface area contributed by atoms with Gasteiger partial charge >= 0.3 is 17.9 Å². The Balaban J connectivity index is -0.000000491. The molecule has 8 N–H and O–H groups in total. The number of quaternary nitrogens is 1. The molecular weight excluding hydrogens is 352 g/mol. The van der Waals surface area contributed by atoms with Crippen LogP contribution < -0.4 is 11.5 Å². The lowest BCUT2D eigenvalue weighted by molar-refractivity contribution is -0.138. The Morgan fingerprint density at radius 1 is 0.593 bits per heavy atom. The molecule has 0 radical (unpaired) electrons. The number of unbranched alkanes of at least 4 members (excludes halogenated alkanes) is 7. The number of carbonyl (C=O) groups is 3. The van der Waals surface area contributed by atoms with E-state index in [0.29, 0.717) is 6.42 Å². The highest BCUT2D eigenvalue weighted by molar-refractivity contribution is 5.67. The summed E-state index contributed by atoms with van der Waals surface area (Å²) in [6.45, 7) is 3.94. The summed E-state index contributed by atoms with van der Waals surface area (Å²) in [4.78, 5) is 30.4. The number of hydrogen-bond acceptors (Lipinski definition) is 4. The van der Waals surface area contributed by atoms with Crippen LogP contribution in [-0.4, -0.2) is 46.3 Å². The summed E-state index contributed by atoms with van der Waals surface area (Å²) in [7, 11) is 0. The van der Waals surface area contributed by atoms with Crippen LogP contribution in [0.1, 0.15) is 90.4 Å². The van der Waals surface area contributed by atoms with E-state index in [9.17, 15) is 14.4 Å². The lowest BCUT2D eigenvalue weighted by Gasteiger charge is -2.03. The van der Waals surface area contributed by atoms with E-state index in [1.54, 1.807) is 0 Å². The molecule has 0 heterocycles. The first-order valence-electron chi connectivity index (χ1n) is 9.76. The summed E-state index contributed by atoms with van der Waals surface area (Å²) >= 11 is 0. The molecule has 8 nitrogen and oxygen atoms in total. The van der Waals surface area contributed by atoms with E-state index in [1.807, 2.05) is 0 Å². The highest BCUT2D eigenvalue weighted by Crippen LogP contribution is 2.01. The zero-order valence-corrected chi connectivity index (χ0v) is 17.2. The van der Waals surface area contributed by atoms with Gasteiger partial charge < -0.3 is 26.8 Å². The number of hydrogen-bond donors (Lipinski definition) is 5. The van der Waals surface area contributed by atoms with Gasteiger partial charge in [0.05, 0.1) is 0 Å². The molecule has 0 amide bonds. The third-order valence-corrected chi connectivity index (χ3v) is 3.73. The lowest BCUT2D eigenvalue weighted by atomic mass is 10.2. The van der Waals surface area contributed by atoms with Crippen LogP contribution >= 0.6 is 0 Å². The van der Waals surface area contributed by atoms with Gasteiger partial charge in [0, 0.05) is 19.3 Å². The van der Waals surface area contributed by atoms with E-state index < -0.39 is 17.9 Å². The fourth-order valence-electron chi connectivity index (χ4n) is 2.23. The maximum Gasteiger partial charge on any atom is 0.303 e. The molecule has 0 saturated carbocycles. The second-order valence-electron chi connectivity index (χ2n) is 6.36. The maximum absolute atomic E-state index is 10.2. The van der Waals surface area contributed by atoms with Gasteiger partial charge in [-0.1, -0.05) is 39.0 Å². The second kappa shape index (κ2) is 24.3. The van der Waals surface area contributed by atoms with Crippen molar-refractivity contribution in [3.05, 3.63) is 0 Å². The molecule has 162 valence electrons. The Labute approximate surface area is 163 Å². The molecule has 0 aliphatic heterocycles.